The molecule has 0 aliphatic carbocycles. The third-order valence-corrected chi connectivity index (χ3v) is 4.09. The fraction of sp³-hybridized carbons (Fsp3) is 0.417. The molecule has 0 bridgehead atoms. The Labute approximate surface area is 123 Å². The summed E-state index contributed by atoms with van der Waals surface area (Å²) in [6, 6.07) is 3.12. The Morgan fingerprint density at radius 3 is 2.70 bits per heavy atom. The van der Waals surface area contributed by atoms with Crippen LogP contribution in [0.1, 0.15) is 6.23 Å². The Kier molecular flexibility index (Phi) is 3.60. The maximum Gasteiger partial charge on any atom is 0.173 e. The third-order valence-electron chi connectivity index (χ3n) is 3.36. The summed E-state index contributed by atoms with van der Waals surface area (Å²) in [5.41, 5.74) is 1.08. The molecule has 8 heteroatoms. The van der Waals surface area contributed by atoms with E-state index in [1.54, 1.807) is 12.1 Å². The van der Waals surface area contributed by atoms with E-state index in [9.17, 15) is 9.50 Å². The summed E-state index contributed by atoms with van der Waals surface area (Å²) >= 11 is 11.8. The Morgan fingerprint density at radius 2 is 2.05 bits per heavy atom. The van der Waals surface area contributed by atoms with Gasteiger partial charge in [-0.3, -0.25) is 0 Å². The van der Waals surface area contributed by atoms with Gasteiger partial charge in [0.1, 0.15) is 12.2 Å². The second-order valence-electron chi connectivity index (χ2n) is 4.59. The number of benzene rings is 1. The molecule has 0 amide bonds. The standard InChI is InChI=1S/C12H11Cl2FN2O3/c13-5-1-7-8(2-6(5)14)17(4-16-7)12-10(15)11(19)9(3-18)20-12/h1-2,4,9-12,18-19H,3H2. The maximum absolute atomic E-state index is 14.1. The second kappa shape index (κ2) is 5.13. The maximum atomic E-state index is 14.1. The average Bonchev–Trinajstić information content (AvgIpc) is 2.94. The highest BCUT2D eigenvalue weighted by Gasteiger charge is 2.45. The molecule has 2 N–H and O–H groups in total. The summed E-state index contributed by atoms with van der Waals surface area (Å²) in [6.45, 7) is -0.461. The van der Waals surface area contributed by atoms with Crippen molar-refractivity contribution in [3.8, 4) is 0 Å². The molecule has 1 aromatic heterocycles. The van der Waals surface area contributed by atoms with Crippen LogP contribution >= 0.6 is 23.2 Å². The van der Waals surface area contributed by atoms with Gasteiger partial charge in [0.2, 0.25) is 0 Å². The summed E-state index contributed by atoms with van der Waals surface area (Å²) in [5, 5.41) is 19.4. The molecule has 1 fully saturated rings. The summed E-state index contributed by atoms with van der Waals surface area (Å²) in [4.78, 5) is 4.10. The van der Waals surface area contributed by atoms with E-state index >= 15 is 0 Å². The molecule has 20 heavy (non-hydrogen) atoms. The predicted molar refractivity (Wildman–Crippen MR) is 71.7 cm³/mol. The SMILES string of the molecule is OCC1OC(n2cnc3cc(Cl)c(Cl)cc32)C(F)C1O. The fourth-order valence-corrected chi connectivity index (χ4v) is 2.62. The molecular formula is C12H11Cl2FN2O3. The highest BCUT2D eigenvalue weighted by Crippen LogP contribution is 2.35. The topological polar surface area (TPSA) is 67.5 Å². The van der Waals surface area contributed by atoms with Crippen molar-refractivity contribution in [2.24, 2.45) is 0 Å². The van der Waals surface area contributed by atoms with Crippen LogP contribution in [0.4, 0.5) is 4.39 Å². The number of rotatable bonds is 2. The highest BCUT2D eigenvalue weighted by atomic mass is 35.5. The average molecular weight is 321 g/mol. The van der Waals surface area contributed by atoms with Gasteiger partial charge in [-0.1, -0.05) is 23.2 Å². The third kappa shape index (κ3) is 2.08. The Bertz CT molecular complexity index is 651. The summed E-state index contributed by atoms with van der Waals surface area (Å²) < 4.78 is 20.9. The van der Waals surface area contributed by atoms with Crippen LogP contribution < -0.4 is 0 Å². The van der Waals surface area contributed by atoms with E-state index in [1.807, 2.05) is 0 Å². The molecule has 108 valence electrons. The summed E-state index contributed by atoms with van der Waals surface area (Å²) in [6.07, 6.45) is -3.69. The predicted octanol–water partition coefficient (Wildman–Crippen LogP) is 1.93. The first-order valence-electron chi connectivity index (χ1n) is 5.93. The number of hydrogen-bond acceptors (Lipinski definition) is 4. The van der Waals surface area contributed by atoms with Gasteiger partial charge in [-0.05, 0) is 12.1 Å². The molecule has 5 nitrogen and oxygen atoms in total. The number of fused-ring (bicyclic) bond motifs is 1. The van der Waals surface area contributed by atoms with Crippen molar-refractivity contribution in [3.05, 3.63) is 28.5 Å². The molecule has 3 rings (SSSR count). The van der Waals surface area contributed by atoms with Crippen LogP contribution in [-0.2, 0) is 4.74 Å². The molecule has 0 radical (unpaired) electrons. The Balaban J connectivity index is 2.05. The lowest BCUT2D eigenvalue weighted by Gasteiger charge is -2.15. The lowest BCUT2D eigenvalue weighted by molar-refractivity contribution is -0.0457. The van der Waals surface area contributed by atoms with Crippen molar-refractivity contribution in [2.75, 3.05) is 6.61 Å². The van der Waals surface area contributed by atoms with Gasteiger partial charge >= 0.3 is 0 Å². The van der Waals surface area contributed by atoms with E-state index in [1.165, 1.54) is 10.9 Å². The van der Waals surface area contributed by atoms with Crippen LogP contribution in [0.3, 0.4) is 0 Å². The molecule has 1 saturated heterocycles. The molecule has 0 saturated carbocycles. The van der Waals surface area contributed by atoms with Crippen molar-refractivity contribution >= 4 is 34.2 Å². The van der Waals surface area contributed by atoms with Gasteiger partial charge in [0.25, 0.3) is 0 Å². The van der Waals surface area contributed by atoms with Gasteiger partial charge < -0.3 is 19.5 Å². The number of alkyl halides is 1. The van der Waals surface area contributed by atoms with E-state index in [4.69, 9.17) is 33.0 Å². The van der Waals surface area contributed by atoms with Gasteiger partial charge in [-0.2, -0.15) is 0 Å². The second-order valence-corrected chi connectivity index (χ2v) is 5.40. The van der Waals surface area contributed by atoms with Crippen LogP contribution in [0.2, 0.25) is 10.0 Å². The molecular weight excluding hydrogens is 310 g/mol. The number of aliphatic hydroxyl groups excluding tert-OH is 2. The fourth-order valence-electron chi connectivity index (χ4n) is 2.30. The van der Waals surface area contributed by atoms with Crippen molar-refractivity contribution in [1.82, 2.24) is 9.55 Å². The smallest absolute Gasteiger partial charge is 0.173 e. The first-order chi connectivity index (χ1) is 9.52. The van der Waals surface area contributed by atoms with Crippen LogP contribution in [-0.4, -0.2) is 44.8 Å². The van der Waals surface area contributed by atoms with Gasteiger partial charge in [-0.15, -0.1) is 0 Å². The van der Waals surface area contributed by atoms with Crippen molar-refractivity contribution in [3.63, 3.8) is 0 Å². The van der Waals surface area contributed by atoms with Crippen molar-refractivity contribution in [2.45, 2.75) is 24.6 Å². The molecule has 1 aromatic carbocycles. The van der Waals surface area contributed by atoms with Gasteiger partial charge in [-0.25, -0.2) is 9.37 Å². The zero-order chi connectivity index (χ0) is 14.4. The normalized spacial score (nSPS) is 30.2. The van der Waals surface area contributed by atoms with Crippen LogP contribution in [0.5, 0.6) is 0 Å². The first kappa shape index (κ1) is 14.0. The quantitative estimate of drug-likeness (QED) is 0.887. The number of imidazole rings is 1. The number of aromatic nitrogens is 2. The first-order valence-corrected chi connectivity index (χ1v) is 6.68. The molecule has 4 unspecified atom stereocenters. The van der Waals surface area contributed by atoms with Crippen molar-refractivity contribution < 1.29 is 19.3 Å². The molecule has 2 heterocycles. The van der Waals surface area contributed by atoms with E-state index in [0.717, 1.165) is 0 Å². The highest BCUT2D eigenvalue weighted by molar-refractivity contribution is 6.42. The lowest BCUT2D eigenvalue weighted by Crippen LogP contribution is -2.30. The van der Waals surface area contributed by atoms with Gasteiger partial charge in [0.15, 0.2) is 12.4 Å². The number of hydrogen-bond donors (Lipinski definition) is 2. The molecule has 1 aliphatic heterocycles. The summed E-state index contributed by atoms with van der Waals surface area (Å²) in [5.74, 6) is 0. The number of aliphatic hydroxyl groups is 2. The lowest BCUT2D eigenvalue weighted by atomic mass is 10.1. The van der Waals surface area contributed by atoms with E-state index < -0.39 is 31.2 Å². The van der Waals surface area contributed by atoms with E-state index in [-0.39, 0.29) is 0 Å². The molecule has 0 spiro atoms. The zero-order valence-electron chi connectivity index (χ0n) is 10.1. The molecule has 2 aromatic rings. The monoisotopic (exact) mass is 320 g/mol. The van der Waals surface area contributed by atoms with Gasteiger partial charge in [0, 0.05) is 0 Å². The summed E-state index contributed by atoms with van der Waals surface area (Å²) in [7, 11) is 0. The van der Waals surface area contributed by atoms with Crippen LogP contribution in [0.25, 0.3) is 11.0 Å². The number of nitrogens with zero attached hydrogens (tertiary/aromatic N) is 2. The minimum absolute atomic E-state index is 0.313. The van der Waals surface area contributed by atoms with E-state index in [0.29, 0.717) is 21.1 Å². The minimum atomic E-state index is -1.67. The zero-order valence-corrected chi connectivity index (χ0v) is 11.6. The largest absolute Gasteiger partial charge is 0.394 e. The molecule has 4 atom stereocenters. The van der Waals surface area contributed by atoms with Crippen LogP contribution in [0.15, 0.2) is 18.5 Å². The minimum Gasteiger partial charge on any atom is -0.394 e. The molecule has 1 aliphatic rings. The van der Waals surface area contributed by atoms with Crippen LogP contribution in [0, 0.1) is 0 Å². The Hall–Kier alpha value is -0.920. The number of ether oxygens (including phenoxy) is 1. The van der Waals surface area contributed by atoms with E-state index in [2.05, 4.69) is 4.98 Å². The number of halogens is 3. The Morgan fingerprint density at radius 1 is 1.35 bits per heavy atom. The van der Waals surface area contributed by atoms with Crippen molar-refractivity contribution in [1.29, 1.82) is 0 Å². The van der Waals surface area contributed by atoms with Gasteiger partial charge in [0.05, 0.1) is 34.0 Å².